The summed E-state index contributed by atoms with van der Waals surface area (Å²) in [5.41, 5.74) is 2.50. The summed E-state index contributed by atoms with van der Waals surface area (Å²) in [5.74, 6) is -0.843. The molecule has 1 atom stereocenters. The molecule has 1 aliphatic rings. The van der Waals surface area contributed by atoms with E-state index in [2.05, 4.69) is 46.9 Å². The van der Waals surface area contributed by atoms with Gasteiger partial charge in [0.05, 0.1) is 6.61 Å². The second kappa shape index (κ2) is 12.1. The van der Waals surface area contributed by atoms with Crippen molar-refractivity contribution in [2.45, 2.75) is 25.0 Å². The number of carbonyl (C=O) groups excluding carboxylic acids is 2. The van der Waals surface area contributed by atoms with Gasteiger partial charge in [-0.05, 0) is 23.6 Å². The maximum Gasteiger partial charge on any atom is 0.362 e. The van der Waals surface area contributed by atoms with Gasteiger partial charge in [-0.15, -0.1) is 11.3 Å². The molecule has 1 fully saturated rings. The SMILES string of the molecule is CCOC(=O)C(=NOC1CCN(C)C1=O)c1csc(NC(c2ccccc2)(c2ccccc2)c2ccccc2)n1. The van der Waals surface area contributed by atoms with Gasteiger partial charge in [-0.1, -0.05) is 96.2 Å². The average molecular weight is 555 g/mol. The Hall–Kier alpha value is -4.50. The van der Waals surface area contributed by atoms with Crippen molar-refractivity contribution in [3.05, 3.63) is 119 Å². The number of hydrogen-bond acceptors (Lipinski definition) is 8. The van der Waals surface area contributed by atoms with Crippen molar-refractivity contribution < 1.29 is 19.2 Å². The Morgan fingerprint density at radius 1 is 1.00 bits per heavy atom. The van der Waals surface area contributed by atoms with Gasteiger partial charge in [-0.2, -0.15) is 0 Å². The highest BCUT2D eigenvalue weighted by Gasteiger charge is 2.37. The normalized spacial score (nSPS) is 15.7. The predicted octanol–water partition coefficient (Wildman–Crippen LogP) is 5.06. The van der Waals surface area contributed by atoms with Gasteiger partial charge >= 0.3 is 5.97 Å². The number of rotatable bonds is 10. The minimum atomic E-state index is -0.780. The first-order valence-corrected chi connectivity index (χ1v) is 14.0. The number of likely N-dealkylation sites (tertiary alicyclic amines) is 1. The Morgan fingerprint density at radius 3 is 2.02 bits per heavy atom. The first kappa shape index (κ1) is 27.1. The number of benzene rings is 3. The van der Waals surface area contributed by atoms with Gasteiger partial charge in [0.2, 0.25) is 11.8 Å². The molecule has 0 bridgehead atoms. The summed E-state index contributed by atoms with van der Waals surface area (Å²) < 4.78 is 5.24. The van der Waals surface area contributed by atoms with E-state index < -0.39 is 17.6 Å². The molecule has 9 heteroatoms. The van der Waals surface area contributed by atoms with Crippen LogP contribution in [0.2, 0.25) is 0 Å². The summed E-state index contributed by atoms with van der Waals surface area (Å²) in [6.45, 7) is 2.45. The number of oxime groups is 1. The maximum absolute atomic E-state index is 12.9. The standard InChI is InChI=1S/C31H30N4O4S/c1-3-38-29(37)27(34-39-26-19-20-35(2)28(26)36)25-21-40-30(32-25)33-31(22-13-7-4-8-14-22,23-15-9-5-10-16-23)24-17-11-6-12-18-24/h4-18,21,26H,3,19-20H2,1-2H3,(H,32,33). The molecule has 1 amide bonds. The molecule has 1 aromatic heterocycles. The first-order chi connectivity index (χ1) is 19.5. The fourth-order valence-electron chi connectivity index (χ4n) is 4.77. The summed E-state index contributed by atoms with van der Waals surface area (Å²) in [6, 6.07) is 30.5. The predicted molar refractivity (Wildman–Crippen MR) is 155 cm³/mol. The summed E-state index contributed by atoms with van der Waals surface area (Å²) in [5, 5.41) is 10.1. The largest absolute Gasteiger partial charge is 0.461 e. The summed E-state index contributed by atoms with van der Waals surface area (Å²) in [6.07, 6.45) is -0.250. The molecule has 4 aromatic rings. The van der Waals surface area contributed by atoms with Crippen LogP contribution in [-0.4, -0.2) is 53.8 Å². The average Bonchev–Trinajstić information content (AvgIpc) is 3.59. The maximum atomic E-state index is 12.9. The van der Waals surface area contributed by atoms with Crippen LogP contribution in [0.4, 0.5) is 5.13 Å². The Balaban J connectivity index is 1.56. The molecule has 0 saturated carbocycles. The Kier molecular flexibility index (Phi) is 8.21. The van der Waals surface area contributed by atoms with Crippen molar-refractivity contribution in [1.29, 1.82) is 0 Å². The number of anilines is 1. The second-order valence-corrected chi connectivity index (χ2v) is 10.2. The molecule has 5 rings (SSSR count). The topological polar surface area (TPSA) is 93.1 Å². The van der Waals surface area contributed by atoms with Gasteiger partial charge in [0.15, 0.2) is 5.13 Å². The lowest BCUT2D eigenvalue weighted by Crippen LogP contribution is -2.38. The van der Waals surface area contributed by atoms with Crippen LogP contribution in [0, 0.1) is 0 Å². The van der Waals surface area contributed by atoms with Crippen LogP contribution in [0.25, 0.3) is 0 Å². The molecule has 0 radical (unpaired) electrons. The number of ether oxygens (including phenoxy) is 1. The highest BCUT2D eigenvalue weighted by Crippen LogP contribution is 2.40. The zero-order chi connectivity index (χ0) is 28.0. The van der Waals surface area contributed by atoms with E-state index in [4.69, 9.17) is 14.6 Å². The number of likely N-dealkylation sites (N-methyl/N-ethyl adjacent to an activating group) is 1. The van der Waals surface area contributed by atoms with Crippen LogP contribution in [-0.2, 0) is 24.7 Å². The van der Waals surface area contributed by atoms with E-state index in [1.54, 1.807) is 24.3 Å². The van der Waals surface area contributed by atoms with Crippen LogP contribution >= 0.6 is 11.3 Å². The van der Waals surface area contributed by atoms with Crippen LogP contribution in [0.5, 0.6) is 0 Å². The molecule has 1 saturated heterocycles. The lowest BCUT2D eigenvalue weighted by atomic mass is 9.77. The molecule has 8 nitrogen and oxygen atoms in total. The second-order valence-electron chi connectivity index (χ2n) is 9.31. The Bertz CT molecular complexity index is 1380. The molecule has 2 heterocycles. The Labute approximate surface area is 237 Å². The van der Waals surface area contributed by atoms with Crippen molar-refractivity contribution in [2.24, 2.45) is 5.16 Å². The molecular formula is C31H30N4O4S. The van der Waals surface area contributed by atoms with Gasteiger partial charge in [0.25, 0.3) is 5.91 Å². The number of esters is 1. The quantitative estimate of drug-likeness (QED) is 0.127. The number of hydrogen-bond donors (Lipinski definition) is 1. The van der Waals surface area contributed by atoms with Crippen molar-refractivity contribution >= 4 is 34.1 Å². The molecule has 1 unspecified atom stereocenters. The number of aromatic nitrogens is 1. The molecule has 40 heavy (non-hydrogen) atoms. The van der Waals surface area contributed by atoms with Gasteiger partial charge in [0.1, 0.15) is 11.2 Å². The number of thiazole rings is 1. The molecule has 0 spiro atoms. The molecule has 204 valence electrons. The van der Waals surface area contributed by atoms with E-state index in [-0.39, 0.29) is 18.2 Å². The van der Waals surface area contributed by atoms with E-state index in [0.29, 0.717) is 23.8 Å². The number of carbonyl (C=O) groups is 2. The third kappa shape index (κ3) is 5.46. The van der Waals surface area contributed by atoms with Crippen molar-refractivity contribution in [3.63, 3.8) is 0 Å². The third-order valence-corrected chi connectivity index (χ3v) is 7.54. The fraction of sp³-hybridized carbons (Fsp3) is 0.226. The summed E-state index contributed by atoms with van der Waals surface area (Å²) in [4.78, 5) is 37.0. The smallest absolute Gasteiger partial charge is 0.362 e. The monoisotopic (exact) mass is 554 g/mol. The highest BCUT2D eigenvalue weighted by molar-refractivity contribution is 7.14. The molecule has 0 aliphatic carbocycles. The summed E-state index contributed by atoms with van der Waals surface area (Å²) in [7, 11) is 1.71. The van der Waals surface area contributed by atoms with Gasteiger partial charge in [0, 0.05) is 25.4 Å². The fourth-order valence-corrected chi connectivity index (χ4v) is 5.52. The minimum Gasteiger partial charge on any atom is -0.461 e. The zero-order valence-corrected chi connectivity index (χ0v) is 23.1. The van der Waals surface area contributed by atoms with Crippen LogP contribution in [0.15, 0.2) is 102 Å². The lowest BCUT2D eigenvalue weighted by molar-refractivity contribution is -0.138. The van der Waals surface area contributed by atoms with Gasteiger partial charge < -0.3 is 19.8 Å². The highest BCUT2D eigenvalue weighted by atomic mass is 32.1. The third-order valence-electron chi connectivity index (χ3n) is 6.78. The van der Waals surface area contributed by atoms with Crippen LogP contribution in [0.3, 0.4) is 0 Å². The van der Waals surface area contributed by atoms with E-state index in [0.717, 1.165) is 16.7 Å². The van der Waals surface area contributed by atoms with Crippen LogP contribution in [0.1, 0.15) is 35.7 Å². The van der Waals surface area contributed by atoms with Gasteiger partial charge in [-0.3, -0.25) is 4.79 Å². The molecular weight excluding hydrogens is 524 g/mol. The zero-order valence-electron chi connectivity index (χ0n) is 22.3. The minimum absolute atomic E-state index is 0.0850. The molecule has 1 aliphatic heterocycles. The van der Waals surface area contributed by atoms with Gasteiger partial charge in [-0.25, -0.2) is 9.78 Å². The number of nitrogens with zero attached hydrogens (tertiary/aromatic N) is 3. The van der Waals surface area contributed by atoms with Crippen molar-refractivity contribution in [1.82, 2.24) is 9.88 Å². The molecule has 1 N–H and O–H groups in total. The van der Waals surface area contributed by atoms with Crippen molar-refractivity contribution in [2.75, 3.05) is 25.5 Å². The molecule has 3 aromatic carbocycles. The van der Waals surface area contributed by atoms with E-state index in [1.807, 2.05) is 54.6 Å². The number of nitrogens with one attached hydrogen (secondary N) is 1. The number of amides is 1. The Morgan fingerprint density at radius 2 is 1.55 bits per heavy atom. The first-order valence-electron chi connectivity index (χ1n) is 13.1. The summed E-state index contributed by atoms with van der Waals surface area (Å²) >= 11 is 1.34. The van der Waals surface area contributed by atoms with E-state index >= 15 is 0 Å². The lowest BCUT2D eigenvalue weighted by Gasteiger charge is -2.36. The van der Waals surface area contributed by atoms with E-state index in [1.165, 1.54) is 11.3 Å². The van der Waals surface area contributed by atoms with E-state index in [9.17, 15) is 9.59 Å². The van der Waals surface area contributed by atoms with Crippen LogP contribution < -0.4 is 5.32 Å². The van der Waals surface area contributed by atoms with Crippen molar-refractivity contribution in [3.8, 4) is 0 Å².